The van der Waals surface area contributed by atoms with Gasteiger partial charge in [0, 0.05) is 0 Å². The van der Waals surface area contributed by atoms with Gasteiger partial charge in [0.1, 0.15) is 0 Å². The van der Waals surface area contributed by atoms with Crippen LogP contribution in [-0.4, -0.2) is 5.75 Å². The molecule has 1 aromatic carbocycles. The second kappa shape index (κ2) is 4.61. The predicted molar refractivity (Wildman–Crippen MR) is 69.7 cm³/mol. The van der Waals surface area contributed by atoms with Gasteiger partial charge in [-0.3, -0.25) is 0 Å². The van der Waals surface area contributed by atoms with Gasteiger partial charge in [-0.25, -0.2) is 0 Å². The molecule has 15 heavy (non-hydrogen) atoms. The molecule has 1 aliphatic carbocycles. The number of aryl methyl sites for hydroxylation is 1. The Bertz CT molecular complexity index is 315. The molecule has 3 atom stereocenters. The molecule has 3 unspecified atom stereocenters. The minimum Gasteiger partial charge on any atom is -0.179 e. The summed E-state index contributed by atoms with van der Waals surface area (Å²) in [5, 5.41) is 0. The maximum Gasteiger partial charge on any atom is -0.00288 e. The molecule has 0 saturated heterocycles. The Hall–Kier alpha value is -0.430. The largest absolute Gasteiger partial charge is 0.179 e. The fourth-order valence-corrected chi connectivity index (χ4v) is 2.61. The van der Waals surface area contributed by atoms with E-state index in [1.165, 1.54) is 24.0 Å². The SMILES string of the molecule is Cc1ccc(C(CS)CC2CC2C)cc1. The summed E-state index contributed by atoms with van der Waals surface area (Å²) in [4.78, 5) is 0. The highest BCUT2D eigenvalue weighted by molar-refractivity contribution is 7.80. The lowest BCUT2D eigenvalue weighted by Crippen LogP contribution is -2.02. The first-order valence-corrected chi connectivity index (χ1v) is 6.51. The molecular weight excluding hydrogens is 200 g/mol. The van der Waals surface area contributed by atoms with Crippen LogP contribution < -0.4 is 0 Å². The van der Waals surface area contributed by atoms with Gasteiger partial charge in [0.05, 0.1) is 0 Å². The van der Waals surface area contributed by atoms with E-state index in [-0.39, 0.29) is 0 Å². The fraction of sp³-hybridized carbons (Fsp3) is 0.571. The van der Waals surface area contributed by atoms with Gasteiger partial charge < -0.3 is 0 Å². The van der Waals surface area contributed by atoms with E-state index in [4.69, 9.17) is 0 Å². The Morgan fingerprint density at radius 1 is 1.33 bits per heavy atom. The third kappa shape index (κ3) is 2.78. The van der Waals surface area contributed by atoms with Gasteiger partial charge in [-0.05, 0) is 48.8 Å². The van der Waals surface area contributed by atoms with Crippen LogP contribution >= 0.6 is 12.6 Å². The number of hydrogen-bond donors (Lipinski definition) is 1. The Morgan fingerprint density at radius 3 is 2.40 bits per heavy atom. The van der Waals surface area contributed by atoms with Gasteiger partial charge >= 0.3 is 0 Å². The van der Waals surface area contributed by atoms with Crippen molar-refractivity contribution in [3.8, 4) is 0 Å². The van der Waals surface area contributed by atoms with Gasteiger partial charge in [0.25, 0.3) is 0 Å². The monoisotopic (exact) mass is 220 g/mol. The van der Waals surface area contributed by atoms with Crippen LogP contribution in [0.1, 0.15) is 36.8 Å². The first kappa shape index (κ1) is 11.1. The third-order valence-corrected chi connectivity index (χ3v) is 4.07. The molecule has 0 N–H and O–H groups in total. The van der Waals surface area contributed by atoms with Crippen molar-refractivity contribution in [3.05, 3.63) is 35.4 Å². The van der Waals surface area contributed by atoms with Gasteiger partial charge in [0.2, 0.25) is 0 Å². The third-order valence-electron chi connectivity index (χ3n) is 3.63. The van der Waals surface area contributed by atoms with Crippen LogP contribution in [0.3, 0.4) is 0 Å². The Kier molecular flexibility index (Phi) is 3.40. The number of thiol groups is 1. The second-order valence-electron chi connectivity index (χ2n) is 5.00. The molecule has 0 heterocycles. The quantitative estimate of drug-likeness (QED) is 0.727. The van der Waals surface area contributed by atoms with E-state index in [2.05, 4.69) is 50.7 Å². The molecule has 1 fully saturated rings. The maximum atomic E-state index is 4.48. The lowest BCUT2D eigenvalue weighted by atomic mass is 9.94. The summed E-state index contributed by atoms with van der Waals surface area (Å²) in [6.45, 7) is 4.50. The van der Waals surface area contributed by atoms with Crippen LogP contribution in [0.5, 0.6) is 0 Å². The lowest BCUT2D eigenvalue weighted by Gasteiger charge is -2.14. The number of rotatable bonds is 4. The van der Waals surface area contributed by atoms with E-state index in [0.29, 0.717) is 5.92 Å². The average Bonchev–Trinajstić information content (AvgIpc) is 2.92. The standard InChI is InChI=1S/C14H20S/c1-10-3-5-12(6-4-10)14(9-15)8-13-7-11(13)2/h3-6,11,13-15H,7-9H2,1-2H3. The molecule has 1 saturated carbocycles. The van der Waals surface area contributed by atoms with Crippen LogP contribution in [0.15, 0.2) is 24.3 Å². The molecule has 0 aromatic heterocycles. The molecule has 0 spiro atoms. The van der Waals surface area contributed by atoms with Crippen LogP contribution in [0, 0.1) is 18.8 Å². The molecule has 0 bridgehead atoms. The summed E-state index contributed by atoms with van der Waals surface area (Å²) in [7, 11) is 0. The lowest BCUT2D eigenvalue weighted by molar-refractivity contribution is 0.596. The zero-order valence-electron chi connectivity index (χ0n) is 9.61. The summed E-state index contributed by atoms with van der Waals surface area (Å²) in [6, 6.07) is 8.96. The summed E-state index contributed by atoms with van der Waals surface area (Å²) in [5.41, 5.74) is 2.81. The summed E-state index contributed by atoms with van der Waals surface area (Å²) < 4.78 is 0. The van der Waals surface area contributed by atoms with E-state index in [0.717, 1.165) is 17.6 Å². The van der Waals surface area contributed by atoms with Gasteiger partial charge in [-0.2, -0.15) is 12.6 Å². The van der Waals surface area contributed by atoms with Gasteiger partial charge in [-0.1, -0.05) is 36.8 Å². The van der Waals surface area contributed by atoms with E-state index in [1.807, 2.05) is 0 Å². The minimum absolute atomic E-state index is 0.656. The highest BCUT2D eigenvalue weighted by Gasteiger charge is 2.34. The highest BCUT2D eigenvalue weighted by atomic mass is 32.1. The molecule has 1 heteroatoms. The van der Waals surface area contributed by atoms with Crippen molar-refractivity contribution in [1.29, 1.82) is 0 Å². The summed E-state index contributed by atoms with van der Waals surface area (Å²) in [5.74, 6) is 3.55. The molecule has 2 rings (SSSR count). The Morgan fingerprint density at radius 2 is 1.93 bits per heavy atom. The van der Waals surface area contributed by atoms with Gasteiger partial charge in [0.15, 0.2) is 0 Å². The number of hydrogen-bond acceptors (Lipinski definition) is 1. The van der Waals surface area contributed by atoms with E-state index in [9.17, 15) is 0 Å². The normalized spacial score (nSPS) is 26.3. The van der Waals surface area contributed by atoms with Crippen molar-refractivity contribution in [1.82, 2.24) is 0 Å². The summed E-state index contributed by atoms with van der Waals surface area (Å²) >= 11 is 4.48. The second-order valence-corrected chi connectivity index (χ2v) is 5.36. The summed E-state index contributed by atoms with van der Waals surface area (Å²) in [6.07, 6.45) is 2.75. The van der Waals surface area contributed by atoms with Crippen LogP contribution in [0.2, 0.25) is 0 Å². The van der Waals surface area contributed by atoms with E-state index < -0.39 is 0 Å². The number of benzene rings is 1. The molecular formula is C14H20S. The van der Waals surface area contributed by atoms with E-state index >= 15 is 0 Å². The molecule has 1 aromatic rings. The van der Waals surface area contributed by atoms with Crippen LogP contribution in [-0.2, 0) is 0 Å². The first-order valence-electron chi connectivity index (χ1n) is 5.88. The minimum atomic E-state index is 0.656. The first-order chi connectivity index (χ1) is 7.20. The zero-order chi connectivity index (χ0) is 10.8. The van der Waals surface area contributed by atoms with Crippen molar-refractivity contribution in [3.63, 3.8) is 0 Å². The van der Waals surface area contributed by atoms with Crippen LogP contribution in [0.4, 0.5) is 0 Å². The molecule has 0 aliphatic heterocycles. The topological polar surface area (TPSA) is 0 Å². The molecule has 1 aliphatic rings. The van der Waals surface area contributed by atoms with Gasteiger partial charge in [-0.15, -0.1) is 0 Å². The van der Waals surface area contributed by atoms with Crippen molar-refractivity contribution < 1.29 is 0 Å². The molecule has 82 valence electrons. The fourth-order valence-electron chi connectivity index (χ4n) is 2.25. The zero-order valence-corrected chi connectivity index (χ0v) is 10.5. The highest BCUT2D eigenvalue weighted by Crippen LogP contribution is 2.44. The van der Waals surface area contributed by atoms with Crippen molar-refractivity contribution in [2.45, 2.75) is 32.6 Å². The van der Waals surface area contributed by atoms with E-state index in [1.54, 1.807) is 0 Å². The smallest absolute Gasteiger partial charge is 0.00288 e. The molecule has 0 radical (unpaired) electrons. The maximum absolute atomic E-state index is 4.48. The van der Waals surface area contributed by atoms with Crippen LogP contribution in [0.25, 0.3) is 0 Å². The molecule has 0 nitrogen and oxygen atoms in total. The molecule has 0 amide bonds. The van der Waals surface area contributed by atoms with Crippen molar-refractivity contribution in [2.24, 2.45) is 11.8 Å². The average molecular weight is 220 g/mol. The Balaban J connectivity index is 2.02. The van der Waals surface area contributed by atoms with Crippen molar-refractivity contribution in [2.75, 3.05) is 5.75 Å². The predicted octanol–water partition coefficient (Wildman–Crippen LogP) is 4.05. The van der Waals surface area contributed by atoms with Crippen molar-refractivity contribution >= 4 is 12.6 Å². The Labute approximate surface area is 98.5 Å².